The quantitative estimate of drug-likeness (QED) is 0.654. The molecule has 1 aliphatic carbocycles. The number of rotatable bonds is 6. The van der Waals surface area contributed by atoms with Gasteiger partial charge in [0.05, 0.1) is 23.3 Å². The van der Waals surface area contributed by atoms with Crippen LogP contribution in [0.25, 0.3) is 0 Å². The molecule has 1 saturated carbocycles. The van der Waals surface area contributed by atoms with Crippen molar-refractivity contribution >= 4 is 23.5 Å². The van der Waals surface area contributed by atoms with E-state index in [4.69, 9.17) is 21.4 Å². The van der Waals surface area contributed by atoms with E-state index in [1.165, 1.54) is 12.1 Å². The van der Waals surface area contributed by atoms with Gasteiger partial charge in [0.15, 0.2) is 0 Å². The number of carbonyl (C=O) groups excluding carboxylic acids is 1. The SMILES string of the molecule is CC1CCC(Oc2ccc(Cl)cc2C(=O)N[C@@H](C)c2ccc(C(=O)O)cc2)CC1. The Balaban J connectivity index is 1.72. The van der Waals surface area contributed by atoms with Crippen LogP contribution in [0.2, 0.25) is 5.02 Å². The lowest BCUT2D eigenvalue weighted by atomic mass is 9.89. The molecule has 1 fully saturated rings. The van der Waals surface area contributed by atoms with E-state index in [9.17, 15) is 9.59 Å². The molecule has 0 unspecified atom stereocenters. The Bertz CT molecular complexity index is 873. The molecule has 0 aliphatic heterocycles. The van der Waals surface area contributed by atoms with Crippen molar-refractivity contribution in [3.8, 4) is 5.75 Å². The topological polar surface area (TPSA) is 75.6 Å². The number of carbonyl (C=O) groups is 2. The highest BCUT2D eigenvalue weighted by Gasteiger charge is 2.23. The maximum absolute atomic E-state index is 12.9. The van der Waals surface area contributed by atoms with E-state index in [1.807, 2.05) is 6.92 Å². The summed E-state index contributed by atoms with van der Waals surface area (Å²) in [6.07, 6.45) is 4.33. The predicted molar refractivity (Wildman–Crippen MR) is 113 cm³/mol. The fourth-order valence-corrected chi connectivity index (χ4v) is 3.75. The van der Waals surface area contributed by atoms with Gasteiger partial charge in [-0.2, -0.15) is 0 Å². The molecule has 2 aromatic carbocycles. The van der Waals surface area contributed by atoms with Crippen LogP contribution in [0.1, 0.15) is 71.9 Å². The second-order valence-corrected chi connectivity index (χ2v) is 8.20. The summed E-state index contributed by atoms with van der Waals surface area (Å²) in [5, 5.41) is 12.4. The Morgan fingerprint density at radius 3 is 2.38 bits per heavy atom. The molecular weight excluding hydrogens is 390 g/mol. The lowest BCUT2D eigenvalue weighted by Gasteiger charge is -2.27. The number of nitrogens with one attached hydrogen (secondary N) is 1. The molecule has 154 valence electrons. The zero-order valence-corrected chi connectivity index (χ0v) is 17.4. The van der Waals surface area contributed by atoms with Crippen molar-refractivity contribution in [2.45, 2.75) is 51.7 Å². The molecule has 0 spiro atoms. The molecular formula is C23H26ClNO4. The molecule has 0 aromatic heterocycles. The van der Waals surface area contributed by atoms with Gasteiger partial charge in [0.2, 0.25) is 0 Å². The second kappa shape index (κ2) is 9.31. The normalized spacial score (nSPS) is 20.0. The Morgan fingerprint density at radius 1 is 1.10 bits per heavy atom. The molecule has 1 amide bonds. The molecule has 3 rings (SSSR count). The minimum absolute atomic E-state index is 0.111. The second-order valence-electron chi connectivity index (χ2n) is 7.76. The van der Waals surface area contributed by atoms with Crippen molar-refractivity contribution < 1.29 is 19.4 Å². The van der Waals surface area contributed by atoms with Gasteiger partial charge in [-0.05, 0) is 74.4 Å². The van der Waals surface area contributed by atoms with E-state index in [2.05, 4.69) is 12.2 Å². The lowest BCUT2D eigenvalue weighted by molar-refractivity contribution is 0.0696. The Morgan fingerprint density at radius 2 is 1.76 bits per heavy atom. The number of benzene rings is 2. The van der Waals surface area contributed by atoms with E-state index >= 15 is 0 Å². The number of amides is 1. The maximum atomic E-state index is 12.9. The molecule has 6 heteroatoms. The van der Waals surface area contributed by atoms with Crippen molar-refractivity contribution in [3.05, 3.63) is 64.2 Å². The van der Waals surface area contributed by atoms with Gasteiger partial charge in [0.1, 0.15) is 5.75 Å². The fourth-order valence-electron chi connectivity index (χ4n) is 3.58. The summed E-state index contributed by atoms with van der Waals surface area (Å²) in [6, 6.07) is 11.3. The smallest absolute Gasteiger partial charge is 0.335 e. The Hall–Kier alpha value is -2.53. The van der Waals surface area contributed by atoms with Crippen LogP contribution in [-0.2, 0) is 0 Å². The number of hydrogen-bond acceptors (Lipinski definition) is 3. The standard InChI is InChI=1S/C23H26ClNO4/c1-14-3-10-19(11-4-14)29-21-12-9-18(24)13-20(21)22(26)25-15(2)16-5-7-17(8-6-16)23(27)28/h5-9,12-15,19H,3-4,10-11H2,1-2H3,(H,25,26)(H,27,28)/t14?,15-,19?/m0/s1. The van der Waals surface area contributed by atoms with Crippen LogP contribution in [0.15, 0.2) is 42.5 Å². The van der Waals surface area contributed by atoms with E-state index in [0.717, 1.165) is 37.2 Å². The Kier molecular flexibility index (Phi) is 6.80. The van der Waals surface area contributed by atoms with Gasteiger partial charge in [0, 0.05) is 5.02 Å². The fraction of sp³-hybridized carbons (Fsp3) is 0.391. The number of carboxylic acids is 1. The average molecular weight is 416 g/mol. The summed E-state index contributed by atoms with van der Waals surface area (Å²) in [7, 11) is 0. The highest BCUT2D eigenvalue weighted by molar-refractivity contribution is 6.31. The van der Waals surface area contributed by atoms with Crippen LogP contribution in [0.4, 0.5) is 0 Å². The molecule has 2 aromatic rings. The van der Waals surface area contributed by atoms with Crippen molar-refractivity contribution in [1.29, 1.82) is 0 Å². The summed E-state index contributed by atoms with van der Waals surface area (Å²) < 4.78 is 6.16. The van der Waals surface area contributed by atoms with Gasteiger partial charge in [-0.25, -0.2) is 4.79 Å². The van der Waals surface area contributed by atoms with E-state index < -0.39 is 5.97 Å². The van der Waals surface area contributed by atoms with E-state index in [1.54, 1.807) is 30.3 Å². The van der Waals surface area contributed by atoms with Crippen molar-refractivity contribution in [3.63, 3.8) is 0 Å². The molecule has 29 heavy (non-hydrogen) atoms. The van der Waals surface area contributed by atoms with Crippen LogP contribution in [0.5, 0.6) is 5.75 Å². The Labute approximate surface area is 176 Å². The zero-order chi connectivity index (χ0) is 21.0. The summed E-state index contributed by atoms with van der Waals surface area (Å²) in [4.78, 5) is 23.9. The molecule has 0 heterocycles. The highest BCUT2D eigenvalue weighted by atomic mass is 35.5. The predicted octanol–water partition coefficient (Wildman–Crippen LogP) is 5.49. The summed E-state index contributed by atoms with van der Waals surface area (Å²) >= 11 is 6.13. The highest BCUT2D eigenvalue weighted by Crippen LogP contribution is 2.30. The largest absolute Gasteiger partial charge is 0.490 e. The third kappa shape index (κ3) is 5.51. The summed E-state index contributed by atoms with van der Waals surface area (Å²) in [5.74, 6) is 0.00336. The van der Waals surface area contributed by atoms with Gasteiger partial charge < -0.3 is 15.2 Å². The molecule has 1 atom stereocenters. The van der Waals surface area contributed by atoms with Crippen molar-refractivity contribution in [2.24, 2.45) is 5.92 Å². The minimum Gasteiger partial charge on any atom is -0.490 e. The van der Waals surface area contributed by atoms with Crippen LogP contribution in [0.3, 0.4) is 0 Å². The van der Waals surface area contributed by atoms with Crippen molar-refractivity contribution in [1.82, 2.24) is 5.32 Å². The third-order valence-corrected chi connectivity index (χ3v) is 5.68. The first-order valence-corrected chi connectivity index (χ1v) is 10.3. The third-order valence-electron chi connectivity index (χ3n) is 5.45. The first-order valence-electron chi connectivity index (χ1n) is 9.94. The van der Waals surface area contributed by atoms with Gasteiger partial charge in [-0.1, -0.05) is 30.7 Å². The monoisotopic (exact) mass is 415 g/mol. The lowest BCUT2D eigenvalue weighted by Crippen LogP contribution is -2.28. The summed E-state index contributed by atoms with van der Waals surface area (Å²) in [6.45, 7) is 4.10. The van der Waals surface area contributed by atoms with Gasteiger partial charge in [0.25, 0.3) is 5.91 Å². The molecule has 0 bridgehead atoms. The van der Waals surface area contributed by atoms with Crippen LogP contribution >= 0.6 is 11.6 Å². The van der Waals surface area contributed by atoms with Crippen molar-refractivity contribution in [2.75, 3.05) is 0 Å². The number of hydrogen-bond donors (Lipinski definition) is 2. The average Bonchev–Trinajstić information content (AvgIpc) is 2.71. The molecule has 0 radical (unpaired) electrons. The minimum atomic E-state index is -0.980. The van der Waals surface area contributed by atoms with Gasteiger partial charge >= 0.3 is 5.97 Å². The summed E-state index contributed by atoms with van der Waals surface area (Å²) in [5.41, 5.74) is 1.43. The molecule has 1 aliphatic rings. The number of carboxylic acid groups (broad SMARTS) is 1. The van der Waals surface area contributed by atoms with E-state index in [0.29, 0.717) is 16.3 Å². The number of ether oxygens (including phenoxy) is 1. The number of halogens is 1. The zero-order valence-electron chi connectivity index (χ0n) is 16.7. The van der Waals surface area contributed by atoms with Crippen LogP contribution in [0, 0.1) is 5.92 Å². The van der Waals surface area contributed by atoms with Gasteiger partial charge in [-0.15, -0.1) is 0 Å². The molecule has 5 nitrogen and oxygen atoms in total. The first-order chi connectivity index (χ1) is 13.8. The van der Waals surface area contributed by atoms with Gasteiger partial charge in [-0.3, -0.25) is 4.79 Å². The molecule has 0 saturated heterocycles. The van der Waals surface area contributed by atoms with Crippen LogP contribution < -0.4 is 10.1 Å². The first kappa shape index (κ1) is 21.2. The van der Waals surface area contributed by atoms with Crippen LogP contribution in [-0.4, -0.2) is 23.1 Å². The number of aromatic carboxylic acids is 1. The maximum Gasteiger partial charge on any atom is 0.335 e. The molecule has 2 N–H and O–H groups in total. The van der Waals surface area contributed by atoms with E-state index in [-0.39, 0.29) is 23.6 Å².